The molecule has 0 spiro atoms. The van der Waals surface area contributed by atoms with Crippen molar-refractivity contribution >= 4 is 11.9 Å². The molecule has 0 heterocycles. The van der Waals surface area contributed by atoms with Crippen molar-refractivity contribution in [1.82, 2.24) is 5.32 Å². The fourth-order valence-electron chi connectivity index (χ4n) is 1.45. The van der Waals surface area contributed by atoms with E-state index < -0.39 is 18.0 Å². The molecule has 0 aromatic carbocycles. The summed E-state index contributed by atoms with van der Waals surface area (Å²) in [7, 11) is 0. The van der Waals surface area contributed by atoms with Gasteiger partial charge in [0, 0.05) is 18.7 Å². The van der Waals surface area contributed by atoms with Crippen molar-refractivity contribution in [3.63, 3.8) is 0 Å². The summed E-state index contributed by atoms with van der Waals surface area (Å²) in [6.07, 6.45) is -0.917. The van der Waals surface area contributed by atoms with Crippen molar-refractivity contribution in [3.05, 3.63) is 12.2 Å². The molecule has 0 radical (unpaired) electrons. The van der Waals surface area contributed by atoms with Gasteiger partial charge in [-0.25, -0.2) is 4.79 Å². The predicted octanol–water partition coefficient (Wildman–Crippen LogP) is -0.985. The van der Waals surface area contributed by atoms with Crippen molar-refractivity contribution < 1.29 is 38.7 Å². The zero-order chi connectivity index (χ0) is 18.9. The molecule has 0 amide bonds. The summed E-state index contributed by atoms with van der Waals surface area (Å²) < 4.78 is 19.9. The second-order valence-electron chi connectivity index (χ2n) is 5.16. The van der Waals surface area contributed by atoms with E-state index in [1.807, 2.05) is 0 Å². The van der Waals surface area contributed by atoms with Crippen LogP contribution in [-0.4, -0.2) is 87.6 Å². The van der Waals surface area contributed by atoms with Gasteiger partial charge in [-0.2, -0.15) is 0 Å². The molecule has 0 saturated heterocycles. The fraction of sp³-hybridized carbons (Fsp3) is 0.750. The van der Waals surface area contributed by atoms with Crippen LogP contribution in [-0.2, 0) is 28.5 Å². The molecule has 0 aliphatic rings. The van der Waals surface area contributed by atoms with E-state index in [0.717, 1.165) is 0 Å². The van der Waals surface area contributed by atoms with Gasteiger partial charge >= 0.3 is 11.9 Å². The number of esters is 2. The summed E-state index contributed by atoms with van der Waals surface area (Å²) in [6, 6.07) is 0. The maximum absolute atomic E-state index is 11.5. The number of rotatable bonds is 16. The van der Waals surface area contributed by atoms with Crippen LogP contribution in [0.25, 0.3) is 0 Å². The highest BCUT2D eigenvalue weighted by Gasteiger charge is 2.12. The van der Waals surface area contributed by atoms with Gasteiger partial charge in [0.05, 0.1) is 39.5 Å². The third-order valence-electron chi connectivity index (χ3n) is 2.73. The number of aliphatic hydroxyl groups is 2. The molecule has 0 aliphatic heterocycles. The second-order valence-corrected chi connectivity index (χ2v) is 5.16. The lowest BCUT2D eigenvalue weighted by Crippen LogP contribution is -2.27. The van der Waals surface area contributed by atoms with E-state index in [-0.39, 0.29) is 31.8 Å². The summed E-state index contributed by atoms with van der Waals surface area (Å²) in [5, 5.41) is 21.0. The van der Waals surface area contributed by atoms with Crippen LogP contribution in [0.5, 0.6) is 0 Å². The third kappa shape index (κ3) is 15.7. The summed E-state index contributed by atoms with van der Waals surface area (Å²) in [6.45, 7) is 7.06. The van der Waals surface area contributed by atoms with Gasteiger partial charge in [0.15, 0.2) is 0 Å². The van der Waals surface area contributed by atoms with E-state index in [9.17, 15) is 14.7 Å². The SMILES string of the molecule is C=C(C)C(=O)OCC(O)COC(=O)CCNCCOCCOCCO. The largest absolute Gasteiger partial charge is 0.463 e. The first-order valence-electron chi connectivity index (χ1n) is 8.10. The summed E-state index contributed by atoms with van der Waals surface area (Å²) in [4.78, 5) is 22.6. The molecule has 0 fully saturated rings. The smallest absolute Gasteiger partial charge is 0.333 e. The molecule has 146 valence electrons. The van der Waals surface area contributed by atoms with E-state index in [2.05, 4.69) is 11.9 Å². The lowest BCUT2D eigenvalue weighted by atomic mass is 10.3. The number of hydrogen-bond donors (Lipinski definition) is 3. The summed E-state index contributed by atoms with van der Waals surface area (Å²) >= 11 is 0. The first kappa shape index (κ1) is 23.5. The number of hydrogen-bond acceptors (Lipinski definition) is 9. The number of aliphatic hydroxyl groups excluding tert-OH is 2. The monoisotopic (exact) mass is 363 g/mol. The minimum atomic E-state index is -1.07. The number of carbonyl (C=O) groups is 2. The molecule has 0 aromatic heterocycles. The highest BCUT2D eigenvalue weighted by Crippen LogP contribution is 1.96. The van der Waals surface area contributed by atoms with Crippen molar-refractivity contribution in [2.24, 2.45) is 0 Å². The molecule has 9 nitrogen and oxygen atoms in total. The lowest BCUT2D eigenvalue weighted by molar-refractivity contribution is -0.150. The van der Waals surface area contributed by atoms with Crippen molar-refractivity contribution in [2.75, 3.05) is 59.3 Å². The normalized spacial score (nSPS) is 11.8. The minimum absolute atomic E-state index is 0.00563. The first-order valence-corrected chi connectivity index (χ1v) is 8.10. The molecule has 9 heteroatoms. The molecule has 25 heavy (non-hydrogen) atoms. The molecule has 1 unspecified atom stereocenters. The number of nitrogens with one attached hydrogen (secondary N) is 1. The van der Waals surface area contributed by atoms with E-state index in [1.165, 1.54) is 6.92 Å². The Bertz CT molecular complexity index is 388. The zero-order valence-corrected chi connectivity index (χ0v) is 14.7. The Kier molecular flexibility index (Phi) is 15.0. The highest BCUT2D eigenvalue weighted by molar-refractivity contribution is 5.86. The van der Waals surface area contributed by atoms with Crippen LogP contribution < -0.4 is 5.32 Å². The van der Waals surface area contributed by atoms with Gasteiger partial charge in [-0.05, 0) is 6.92 Å². The average Bonchev–Trinajstić information content (AvgIpc) is 2.59. The molecule has 0 saturated carbocycles. The Morgan fingerprint density at radius 3 is 2.32 bits per heavy atom. The van der Waals surface area contributed by atoms with E-state index in [1.54, 1.807) is 0 Å². The maximum Gasteiger partial charge on any atom is 0.333 e. The van der Waals surface area contributed by atoms with Crippen LogP contribution >= 0.6 is 0 Å². The van der Waals surface area contributed by atoms with Gasteiger partial charge < -0.3 is 34.5 Å². The van der Waals surface area contributed by atoms with Crippen molar-refractivity contribution in [3.8, 4) is 0 Å². The Labute approximate surface area is 147 Å². The van der Waals surface area contributed by atoms with Gasteiger partial charge in [-0.3, -0.25) is 4.79 Å². The summed E-state index contributed by atoms with van der Waals surface area (Å²) in [5.41, 5.74) is 0.233. The Morgan fingerprint density at radius 1 is 1.04 bits per heavy atom. The quantitative estimate of drug-likeness (QED) is 0.180. The van der Waals surface area contributed by atoms with Gasteiger partial charge in [0.1, 0.15) is 19.3 Å². The second kappa shape index (κ2) is 16.0. The Balaban J connectivity index is 3.43. The molecule has 0 rings (SSSR count). The summed E-state index contributed by atoms with van der Waals surface area (Å²) in [5.74, 6) is -1.06. The molecular formula is C16H29NO8. The molecule has 0 aromatic rings. The van der Waals surface area contributed by atoms with Crippen molar-refractivity contribution in [1.29, 1.82) is 0 Å². The molecule has 0 bridgehead atoms. The number of ether oxygens (including phenoxy) is 4. The van der Waals surface area contributed by atoms with Crippen LogP contribution in [0.1, 0.15) is 13.3 Å². The van der Waals surface area contributed by atoms with E-state index in [4.69, 9.17) is 24.1 Å². The zero-order valence-electron chi connectivity index (χ0n) is 14.7. The van der Waals surface area contributed by atoms with Crippen LogP contribution in [0, 0.1) is 0 Å². The van der Waals surface area contributed by atoms with Gasteiger partial charge in [0.2, 0.25) is 0 Å². The van der Waals surface area contributed by atoms with Crippen LogP contribution in [0.2, 0.25) is 0 Å². The van der Waals surface area contributed by atoms with Gasteiger partial charge in [0.25, 0.3) is 0 Å². The third-order valence-corrected chi connectivity index (χ3v) is 2.73. The van der Waals surface area contributed by atoms with E-state index in [0.29, 0.717) is 39.5 Å². The topological polar surface area (TPSA) is 124 Å². The average molecular weight is 363 g/mol. The molecule has 1 atom stereocenters. The highest BCUT2D eigenvalue weighted by atomic mass is 16.6. The van der Waals surface area contributed by atoms with Crippen LogP contribution in [0.3, 0.4) is 0 Å². The van der Waals surface area contributed by atoms with Crippen LogP contribution in [0.15, 0.2) is 12.2 Å². The minimum Gasteiger partial charge on any atom is -0.463 e. The van der Waals surface area contributed by atoms with Crippen LogP contribution in [0.4, 0.5) is 0 Å². The van der Waals surface area contributed by atoms with Gasteiger partial charge in [-0.1, -0.05) is 6.58 Å². The predicted molar refractivity (Wildman–Crippen MR) is 88.9 cm³/mol. The first-order chi connectivity index (χ1) is 12.0. The van der Waals surface area contributed by atoms with Crippen molar-refractivity contribution in [2.45, 2.75) is 19.4 Å². The number of carbonyl (C=O) groups excluding carboxylic acids is 2. The lowest BCUT2D eigenvalue weighted by Gasteiger charge is -2.12. The molecule has 3 N–H and O–H groups in total. The standard InChI is InChI=1S/C16H29NO8/c1-13(2)16(21)25-12-14(19)11-24-15(20)3-4-17-5-7-22-9-10-23-8-6-18/h14,17-19H,1,3-12H2,2H3. The molecule has 0 aliphatic carbocycles. The van der Waals surface area contributed by atoms with E-state index >= 15 is 0 Å². The Morgan fingerprint density at radius 2 is 1.68 bits per heavy atom. The molecular weight excluding hydrogens is 334 g/mol. The fourth-order valence-corrected chi connectivity index (χ4v) is 1.45. The maximum atomic E-state index is 11.5. The van der Waals surface area contributed by atoms with Gasteiger partial charge in [-0.15, -0.1) is 0 Å². The Hall–Kier alpha value is -1.52.